The number of aliphatic hydroxyl groups is 1. The normalized spacial score (nSPS) is 17.9. The van der Waals surface area contributed by atoms with Crippen LogP contribution < -0.4 is 31.9 Å². The van der Waals surface area contributed by atoms with E-state index in [2.05, 4.69) is 51.8 Å². The summed E-state index contributed by atoms with van der Waals surface area (Å²) >= 11 is 7.14. The van der Waals surface area contributed by atoms with Crippen LogP contribution in [0, 0.1) is 5.92 Å². The maximum Gasteiger partial charge on any atom is 0.275 e. The largest absolute Gasteiger partial charge is 0.391 e. The lowest BCUT2D eigenvalue weighted by atomic mass is 10.1. The van der Waals surface area contributed by atoms with Crippen molar-refractivity contribution in [2.24, 2.45) is 5.92 Å². The van der Waals surface area contributed by atoms with Gasteiger partial charge in [0.1, 0.15) is 93.5 Å². The Morgan fingerprint density at radius 3 is 1.86 bits per heavy atom. The Morgan fingerprint density at radius 2 is 1.21 bits per heavy atom. The van der Waals surface area contributed by atoms with E-state index in [1.807, 2.05) is 13.8 Å². The minimum Gasteiger partial charge on any atom is -0.391 e. The summed E-state index contributed by atoms with van der Waals surface area (Å²) in [6.45, 7) is 11.3. The second kappa shape index (κ2) is 24.4. The molecule has 6 amide bonds. The smallest absolute Gasteiger partial charge is 0.275 e. The maximum atomic E-state index is 14.1. The van der Waals surface area contributed by atoms with Gasteiger partial charge in [0.15, 0.2) is 0 Å². The average molecular weight is 1160 g/mol. The van der Waals surface area contributed by atoms with Gasteiger partial charge in [0.25, 0.3) is 29.5 Å². The molecule has 1 aliphatic heterocycles. The van der Waals surface area contributed by atoms with Gasteiger partial charge in [0.05, 0.1) is 36.2 Å². The number of carbonyl (C=O) groups is 7. The molecule has 28 heteroatoms. The van der Waals surface area contributed by atoms with Crippen LogP contribution in [0.1, 0.15) is 118 Å². The molecule has 0 unspecified atom stereocenters. The number of Topliss-reactive ketones (excluding diaryl/α,β-unsaturated/α-hetero) is 1. The van der Waals surface area contributed by atoms with Crippen molar-refractivity contribution in [1.82, 2.24) is 66.8 Å². The van der Waals surface area contributed by atoms with Crippen LogP contribution in [-0.2, 0) is 19.1 Å². The number of methoxy groups -OCH3 is 1. The van der Waals surface area contributed by atoms with Gasteiger partial charge in [-0.2, -0.15) is 0 Å². The van der Waals surface area contributed by atoms with Crippen molar-refractivity contribution >= 4 is 115 Å². The number of pyridine rings is 1. The lowest BCUT2D eigenvalue weighted by Gasteiger charge is -2.22. The number of aromatic nitrogens is 7. The van der Waals surface area contributed by atoms with Gasteiger partial charge in [-0.3, -0.25) is 33.6 Å². The Hall–Kier alpha value is -7.18. The van der Waals surface area contributed by atoms with Crippen LogP contribution in [-0.4, -0.2) is 113 Å². The van der Waals surface area contributed by atoms with E-state index < -0.39 is 65.8 Å². The van der Waals surface area contributed by atoms with Crippen molar-refractivity contribution in [2.45, 2.75) is 78.8 Å². The summed E-state index contributed by atoms with van der Waals surface area (Å²) in [5, 5.41) is 39.4. The summed E-state index contributed by atoms with van der Waals surface area (Å²) < 4.78 is 5.77. The summed E-state index contributed by atoms with van der Waals surface area (Å²) in [6.07, 6.45) is 1.06. The molecule has 1 aliphatic rings. The Morgan fingerprint density at radius 1 is 0.662 bits per heavy atom. The number of allylic oxidation sites excluding steroid dienone is 2. The van der Waals surface area contributed by atoms with Crippen LogP contribution in [0.15, 0.2) is 62.3 Å². The van der Waals surface area contributed by atoms with E-state index in [9.17, 15) is 38.7 Å². The summed E-state index contributed by atoms with van der Waals surface area (Å²) in [5.74, 6) is -4.17. The van der Waals surface area contributed by atoms with Gasteiger partial charge in [0, 0.05) is 45.0 Å². The molecule has 7 aromatic heterocycles. The highest BCUT2D eigenvalue weighted by molar-refractivity contribution is 7.15. The Balaban J connectivity index is 1.16. The van der Waals surface area contributed by atoms with E-state index in [0.29, 0.717) is 58.4 Å². The number of aliphatic hydroxyl groups excluding tert-OH is 1. The monoisotopic (exact) mass is 1160 g/mol. The van der Waals surface area contributed by atoms with Gasteiger partial charge in [-0.15, -0.1) is 68.0 Å². The summed E-state index contributed by atoms with van der Waals surface area (Å²) in [5.41, 5.74) is 2.47. The van der Waals surface area contributed by atoms with Gasteiger partial charge in [-0.05, 0) is 52.7 Å². The zero-order valence-corrected chi connectivity index (χ0v) is 47.1. The highest BCUT2D eigenvalue weighted by Gasteiger charge is 2.32. The molecule has 0 saturated carbocycles. The molecule has 0 saturated heterocycles. The van der Waals surface area contributed by atoms with Crippen LogP contribution in [0.3, 0.4) is 0 Å². The number of carbonyl (C=O) groups excluding carboxylic acids is 7. The number of nitrogens with one attached hydrogen (secondary N) is 6. The van der Waals surface area contributed by atoms with Crippen LogP contribution in [0.4, 0.5) is 0 Å². The van der Waals surface area contributed by atoms with E-state index in [4.69, 9.17) is 19.7 Å². The van der Waals surface area contributed by atoms with Crippen molar-refractivity contribution in [3.05, 3.63) is 100 Å². The number of hydrogen-bond donors (Lipinski definition) is 7. The van der Waals surface area contributed by atoms with Gasteiger partial charge in [0.2, 0.25) is 5.91 Å². The van der Waals surface area contributed by atoms with Crippen molar-refractivity contribution in [3.63, 3.8) is 0 Å². The van der Waals surface area contributed by atoms with Crippen molar-refractivity contribution in [2.75, 3.05) is 13.7 Å². The first kappa shape index (κ1) is 56.0. The fraction of sp³-hybridized carbons (Fsp3) is 0.306. The molecular formula is C49H49N13O9S6. The lowest BCUT2D eigenvalue weighted by Crippen LogP contribution is -2.52. The second-order valence-corrected chi connectivity index (χ2v) is 22.6. The molecule has 5 atom stereocenters. The van der Waals surface area contributed by atoms with Crippen LogP contribution in [0.25, 0.3) is 49.1 Å². The first-order valence-electron chi connectivity index (χ1n) is 23.5. The highest BCUT2D eigenvalue weighted by atomic mass is 32.1. The molecule has 0 aliphatic carbocycles. The van der Waals surface area contributed by atoms with Crippen molar-refractivity contribution in [3.8, 4) is 43.4 Å². The summed E-state index contributed by atoms with van der Waals surface area (Å²) in [6, 6.07) is 0.674. The van der Waals surface area contributed by atoms with E-state index in [1.54, 1.807) is 60.5 Å². The van der Waals surface area contributed by atoms with Crippen molar-refractivity contribution < 1.29 is 43.4 Å². The third kappa shape index (κ3) is 12.8. The zero-order chi connectivity index (χ0) is 55.2. The first-order valence-corrected chi connectivity index (χ1v) is 28.8. The minimum absolute atomic E-state index is 0.0415. The summed E-state index contributed by atoms with van der Waals surface area (Å²) in [7, 11) is 1.52. The number of ether oxygens (including phenoxy) is 1. The van der Waals surface area contributed by atoms with Crippen molar-refractivity contribution in [1.29, 1.82) is 0 Å². The van der Waals surface area contributed by atoms with E-state index in [0.717, 1.165) is 22.7 Å². The Labute approximate surface area is 464 Å². The predicted octanol–water partition coefficient (Wildman–Crippen LogP) is 6.43. The van der Waals surface area contributed by atoms with Gasteiger partial charge < -0.3 is 41.7 Å². The van der Waals surface area contributed by atoms with Gasteiger partial charge in [-0.25, -0.2) is 34.9 Å². The Bertz CT molecular complexity index is 3460. The van der Waals surface area contributed by atoms with Gasteiger partial charge in [-0.1, -0.05) is 26.0 Å². The SMILES string of the molecule is C/C=C(\NC(=O)c1csc(-c2csc(-c3ccc4c(n3)-c3csc(n3)[C@H]([C@@H](C)OC)NC(=O)c3csc(n3)[C@H](C(C)C)NC(=O)c3csc(n3)/C(=C/C)NC(=O)[C@H]([C@@H](C)O)NC(=O)c3csc-4n3)n2)n1)C(=O)NCC(C)=O. The number of ketones is 1. The van der Waals surface area contributed by atoms with Crippen LogP contribution in [0.5, 0.6) is 0 Å². The van der Waals surface area contributed by atoms with Crippen LogP contribution >= 0.6 is 68.0 Å². The Kier molecular flexibility index (Phi) is 17.8. The number of hydrogen-bond acceptors (Lipinski definition) is 22. The molecule has 400 valence electrons. The standard InChI is InChI=1S/C49H49N13O9S6/c1-9-25(38(65)50-13-21(5)63)52-39(66)29-16-74-47(57-29)33-19-75-46(59-33)27-12-11-24-37(51-27)28-14-76-49(54-28)36(23(7)71-8)62-42(69)32-18-77-48(58-32)34(20(3)4)60-40(67)31-17-73-45(56-31)26(10-2)53-43(70)35(22(6)64)61-41(68)30-15-72-44(24)55-30/h9-12,14-20,22-23,34-36,64H,13H2,1-8H3,(H,50,65)(H,52,66)(H,53,70)(H,60,67)(H,61,68)(H,62,69)/b25-9-,26-10-/t22-,23-,34+,35+,36+/m1/s1. The first-order chi connectivity index (χ1) is 36.8. The molecule has 0 spiro atoms. The molecule has 8 rings (SSSR count). The number of thiazole rings is 6. The van der Waals surface area contributed by atoms with E-state index >= 15 is 0 Å². The third-order valence-corrected chi connectivity index (χ3v) is 16.9. The number of fused-ring (bicyclic) bond motifs is 11. The summed E-state index contributed by atoms with van der Waals surface area (Å²) in [4.78, 5) is 126. The fourth-order valence-corrected chi connectivity index (χ4v) is 12.5. The third-order valence-electron chi connectivity index (χ3n) is 11.5. The zero-order valence-electron chi connectivity index (χ0n) is 42.2. The lowest BCUT2D eigenvalue weighted by molar-refractivity contribution is -0.124. The topological polar surface area (TPSA) is 311 Å². The molecule has 77 heavy (non-hydrogen) atoms. The predicted molar refractivity (Wildman–Crippen MR) is 294 cm³/mol. The molecule has 0 fully saturated rings. The molecule has 0 radical (unpaired) electrons. The quantitative estimate of drug-likeness (QED) is 0.0686. The fourth-order valence-electron chi connectivity index (χ4n) is 7.30. The molecule has 7 aromatic rings. The molecule has 8 heterocycles. The maximum absolute atomic E-state index is 14.1. The molecular weight excluding hydrogens is 1110 g/mol. The van der Waals surface area contributed by atoms with Gasteiger partial charge >= 0.3 is 0 Å². The second-order valence-electron chi connectivity index (χ2n) is 17.4. The molecule has 8 bridgehead atoms. The van der Waals surface area contributed by atoms with E-state index in [1.165, 1.54) is 83.1 Å². The van der Waals surface area contributed by atoms with Crippen LogP contribution in [0.2, 0.25) is 0 Å². The number of rotatable bonds is 11. The highest BCUT2D eigenvalue weighted by Crippen LogP contribution is 2.38. The molecule has 0 aromatic carbocycles. The molecule has 7 N–H and O–H groups in total. The minimum atomic E-state index is -1.44. The average Bonchev–Trinajstić information content (AvgIpc) is 4.28. The molecule has 22 nitrogen and oxygen atoms in total. The number of nitrogens with zero attached hydrogens (tertiary/aromatic N) is 7. The number of amides is 6. The van der Waals surface area contributed by atoms with E-state index in [-0.39, 0.29) is 52.4 Å².